The number of ether oxygens (including phenoxy) is 1. The van der Waals surface area contributed by atoms with Crippen molar-refractivity contribution in [2.45, 2.75) is 42.5 Å². The quantitative estimate of drug-likeness (QED) is 0.802. The van der Waals surface area contributed by atoms with Crippen LogP contribution < -0.4 is 10.2 Å². The van der Waals surface area contributed by atoms with E-state index in [1.54, 1.807) is 18.0 Å². The molecule has 0 spiro atoms. The van der Waals surface area contributed by atoms with Crippen molar-refractivity contribution in [3.8, 4) is 0 Å². The summed E-state index contributed by atoms with van der Waals surface area (Å²) >= 11 is 1.76. The second-order valence-electron chi connectivity index (χ2n) is 7.33. The van der Waals surface area contributed by atoms with Gasteiger partial charge in [0.25, 0.3) is 5.91 Å². The number of carbonyl (C=O) groups is 1. The lowest BCUT2D eigenvalue weighted by Gasteiger charge is -2.28. The predicted octanol–water partition coefficient (Wildman–Crippen LogP) is 3.88. The van der Waals surface area contributed by atoms with Crippen molar-refractivity contribution in [1.29, 1.82) is 0 Å². The Balaban J connectivity index is 1.35. The smallest absolute Gasteiger partial charge is 0.254 e. The second kappa shape index (κ2) is 9.43. The fraction of sp³-hybridized carbons (Fsp3) is 0.455. The molecule has 2 aromatic rings. The lowest BCUT2D eigenvalue weighted by atomic mass is 10.2. The average molecular weight is 398 g/mol. The molecule has 2 aliphatic rings. The highest BCUT2D eigenvalue weighted by molar-refractivity contribution is 7.99. The maximum Gasteiger partial charge on any atom is 0.254 e. The molecule has 0 bridgehead atoms. The Kier molecular flexibility index (Phi) is 6.49. The Bertz CT molecular complexity index is 785. The van der Waals surface area contributed by atoms with Gasteiger partial charge in [0.1, 0.15) is 5.03 Å². The third-order valence-electron chi connectivity index (χ3n) is 5.36. The van der Waals surface area contributed by atoms with Crippen LogP contribution in [0, 0.1) is 0 Å². The van der Waals surface area contributed by atoms with Gasteiger partial charge in [0.2, 0.25) is 0 Å². The van der Waals surface area contributed by atoms with Gasteiger partial charge in [-0.25, -0.2) is 4.98 Å². The molecule has 1 aromatic carbocycles. The molecule has 2 fully saturated rings. The molecule has 1 N–H and O–H groups in total. The summed E-state index contributed by atoms with van der Waals surface area (Å²) in [5.41, 5.74) is 2.99. The topological polar surface area (TPSA) is 54.5 Å². The SMILES string of the molecule is O=C(NCc1ccc(N2CCOCC2)cc1)c1cccnc1SC1CCCC1. The normalized spacial score (nSPS) is 17.6. The molecule has 1 aromatic heterocycles. The van der Waals surface area contributed by atoms with E-state index in [2.05, 4.69) is 39.5 Å². The van der Waals surface area contributed by atoms with Crippen molar-refractivity contribution in [2.24, 2.45) is 0 Å². The maximum atomic E-state index is 12.7. The molecule has 0 atom stereocenters. The number of pyridine rings is 1. The van der Waals surface area contributed by atoms with E-state index in [4.69, 9.17) is 4.74 Å². The highest BCUT2D eigenvalue weighted by atomic mass is 32.2. The van der Waals surface area contributed by atoms with Crippen LogP contribution in [0.5, 0.6) is 0 Å². The Hall–Kier alpha value is -2.05. The zero-order chi connectivity index (χ0) is 19.2. The zero-order valence-corrected chi connectivity index (χ0v) is 16.9. The van der Waals surface area contributed by atoms with Crippen molar-refractivity contribution in [3.63, 3.8) is 0 Å². The highest BCUT2D eigenvalue weighted by Crippen LogP contribution is 2.35. The highest BCUT2D eigenvalue weighted by Gasteiger charge is 2.20. The zero-order valence-electron chi connectivity index (χ0n) is 16.1. The van der Waals surface area contributed by atoms with Gasteiger partial charge in [0.05, 0.1) is 18.8 Å². The second-order valence-corrected chi connectivity index (χ2v) is 8.62. The van der Waals surface area contributed by atoms with Gasteiger partial charge in [0.15, 0.2) is 0 Å². The number of thioether (sulfide) groups is 1. The first-order valence-corrected chi connectivity index (χ1v) is 11.0. The lowest BCUT2D eigenvalue weighted by Crippen LogP contribution is -2.36. The van der Waals surface area contributed by atoms with Crippen LogP contribution in [-0.2, 0) is 11.3 Å². The lowest BCUT2D eigenvalue weighted by molar-refractivity contribution is 0.0947. The molecule has 1 saturated heterocycles. The van der Waals surface area contributed by atoms with Crippen LogP contribution in [-0.4, -0.2) is 42.4 Å². The average Bonchev–Trinajstić information content (AvgIpc) is 3.26. The third-order valence-corrected chi connectivity index (χ3v) is 6.72. The molecule has 5 nitrogen and oxygen atoms in total. The summed E-state index contributed by atoms with van der Waals surface area (Å²) in [5, 5.41) is 4.50. The molecule has 0 unspecified atom stereocenters. The Labute approximate surface area is 170 Å². The van der Waals surface area contributed by atoms with E-state index in [9.17, 15) is 4.79 Å². The predicted molar refractivity (Wildman–Crippen MR) is 113 cm³/mol. The van der Waals surface area contributed by atoms with Gasteiger partial charge in [-0.05, 0) is 42.7 Å². The van der Waals surface area contributed by atoms with Gasteiger partial charge in [-0.2, -0.15) is 0 Å². The van der Waals surface area contributed by atoms with E-state index in [1.165, 1.54) is 31.4 Å². The number of rotatable bonds is 6. The van der Waals surface area contributed by atoms with Gasteiger partial charge < -0.3 is 15.0 Å². The van der Waals surface area contributed by atoms with Crippen LogP contribution in [0.15, 0.2) is 47.6 Å². The van der Waals surface area contributed by atoms with Crippen molar-refractivity contribution in [3.05, 3.63) is 53.7 Å². The number of hydrogen-bond acceptors (Lipinski definition) is 5. The molecule has 1 amide bonds. The molecule has 2 heterocycles. The number of anilines is 1. The van der Waals surface area contributed by atoms with E-state index in [0.717, 1.165) is 36.9 Å². The molecule has 1 aliphatic carbocycles. The minimum absolute atomic E-state index is 0.0501. The van der Waals surface area contributed by atoms with Crippen molar-refractivity contribution < 1.29 is 9.53 Å². The van der Waals surface area contributed by atoms with E-state index >= 15 is 0 Å². The Morgan fingerprint density at radius 2 is 1.89 bits per heavy atom. The van der Waals surface area contributed by atoms with E-state index in [1.807, 2.05) is 12.1 Å². The molecule has 1 saturated carbocycles. The number of morpholine rings is 1. The first-order chi connectivity index (χ1) is 13.8. The molecule has 148 valence electrons. The summed E-state index contributed by atoms with van der Waals surface area (Å²) < 4.78 is 5.41. The largest absolute Gasteiger partial charge is 0.378 e. The van der Waals surface area contributed by atoms with Crippen molar-refractivity contribution >= 4 is 23.4 Å². The summed E-state index contributed by atoms with van der Waals surface area (Å²) in [7, 11) is 0. The number of amides is 1. The number of carbonyl (C=O) groups excluding carboxylic acids is 1. The Morgan fingerprint density at radius 1 is 1.14 bits per heavy atom. The Morgan fingerprint density at radius 3 is 2.64 bits per heavy atom. The molecule has 4 rings (SSSR count). The molecular formula is C22H27N3O2S. The molecule has 1 aliphatic heterocycles. The first kappa shape index (κ1) is 19.3. The minimum atomic E-state index is -0.0501. The first-order valence-electron chi connectivity index (χ1n) is 10.1. The van der Waals surface area contributed by atoms with Gasteiger partial charge in [-0.3, -0.25) is 4.79 Å². The van der Waals surface area contributed by atoms with Gasteiger partial charge in [-0.1, -0.05) is 25.0 Å². The minimum Gasteiger partial charge on any atom is -0.378 e. The molecule has 6 heteroatoms. The maximum absolute atomic E-state index is 12.7. The van der Waals surface area contributed by atoms with Crippen LogP contribution in [0.4, 0.5) is 5.69 Å². The van der Waals surface area contributed by atoms with Crippen LogP contribution >= 0.6 is 11.8 Å². The standard InChI is InChI=1S/C22H27N3O2S/c26-21(20-6-3-11-23-22(20)28-19-4-1-2-5-19)24-16-17-7-9-18(10-8-17)25-12-14-27-15-13-25/h3,6-11,19H,1-2,4-5,12-16H2,(H,24,26). The van der Waals surface area contributed by atoms with Gasteiger partial charge in [0, 0.05) is 36.8 Å². The van der Waals surface area contributed by atoms with Crippen LogP contribution in [0.2, 0.25) is 0 Å². The molecule has 0 radical (unpaired) electrons. The monoisotopic (exact) mass is 397 g/mol. The van der Waals surface area contributed by atoms with Crippen LogP contribution in [0.3, 0.4) is 0 Å². The third kappa shape index (κ3) is 4.86. The van der Waals surface area contributed by atoms with Gasteiger partial charge >= 0.3 is 0 Å². The summed E-state index contributed by atoms with van der Waals surface area (Å²) in [6.07, 6.45) is 6.78. The van der Waals surface area contributed by atoms with Crippen LogP contribution in [0.25, 0.3) is 0 Å². The fourth-order valence-corrected chi connectivity index (χ4v) is 5.04. The van der Waals surface area contributed by atoms with Gasteiger partial charge in [-0.15, -0.1) is 11.8 Å². The number of benzene rings is 1. The summed E-state index contributed by atoms with van der Waals surface area (Å²) in [6, 6.07) is 12.1. The van der Waals surface area contributed by atoms with Crippen LogP contribution in [0.1, 0.15) is 41.6 Å². The van der Waals surface area contributed by atoms with E-state index in [0.29, 0.717) is 17.4 Å². The van der Waals surface area contributed by atoms with Crippen molar-refractivity contribution in [1.82, 2.24) is 10.3 Å². The molecule has 28 heavy (non-hydrogen) atoms. The molecular weight excluding hydrogens is 370 g/mol. The number of hydrogen-bond donors (Lipinski definition) is 1. The summed E-state index contributed by atoms with van der Waals surface area (Å²) in [4.78, 5) is 19.5. The fourth-order valence-electron chi connectivity index (χ4n) is 3.75. The summed E-state index contributed by atoms with van der Waals surface area (Å²) in [5.74, 6) is -0.0501. The van der Waals surface area contributed by atoms with E-state index < -0.39 is 0 Å². The number of nitrogens with zero attached hydrogens (tertiary/aromatic N) is 2. The number of aromatic nitrogens is 1. The number of nitrogens with one attached hydrogen (secondary N) is 1. The summed E-state index contributed by atoms with van der Waals surface area (Å²) in [6.45, 7) is 3.94. The van der Waals surface area contributed by atoms with E-state index in [-0.39, 0.29) is 5.91 Å². The van der Waals surface area contributed by atoms with Crippen molar-refractivity contribution in [2.75, 3.05) is 31.2 Å².